The maximum atomic E-state index is 13.2. The summed E-state index contributed by atoms with van der Waals surface area (Å²) in [7, 11) is 1.79. The van der Waals surface area contributed by atoms with Gasteiger partial charge in [0.25, 0.3) is 0 Å². The van der Waals surface area contributed by atoms with E-state index in [1.165, 1.54) is 37.8 Å². The Kier molecular flexibility index (Phi) is 6.22. The van der Waals surface area contributed by atoms with Gasteiger partial charge in [0.2, 0.25) is 0 Å². The van der Waals surface area contributed by atoms with Gasteiger partial charge in [-0.3, -0.25) is 4.99 Å². The number of nitrogens with one attached hydrogen (secondary N) is 1. The second-order valence-electron chi connectivity index (χ2n) is 6.53. The molecule has 3 nitrogen and oxygen atoms in total. The number of halogens is 3. The van der Waals surface area contributed by atoms with E-state index in [1.54, 1.807) is 7.05 Å². The van der Waals surface area contributed by atoms with E-state index in [-0.39, 0.29) is 24.0 Å². The number of hydrogen-bond donors (Lipinski definition) is 1. The average molecular weight is 435 g/mol. The molecule has 1 spiro atoms. The second-order valence-corrected chi connectivity index (χ2v) is 6.53. The minimum absolute atomic E-state index is 0. The van der Waals surface area contributed by atoms with Crippen LogP contribution in [0.25, 0.3) is 0 Å². The fraction of sp³-hybridized carbons (Fsp3) is 0.588. The lowest BCUT2D eigenvalue weighted by molar-refractivity contribution is 0.151. The molecule has 2 aliphatic rings. The number of nitrogens with zero attached hydrogens (tertiary/aromatic N) is 2. The number of rotatable bonds is 3. The molecule has 0 aromatic heterocycles. The summed E-state index contributed by atoms with van der Waals surface area (Å²) in [5.41, 5.74) is 1.20. The molecule has 0 bridgehead atoms. The fourth-order valence-electron chi connectivity index (χ4n) is 3.61. The molecule has 2 fully saturated rings. The van der Waals surface area contributed by atoms with Gasteiger partial charge in [0.15, 0.2) is 5.96 Å². The summed E-state index contributed by atoms with van der Waals surface area (Å²) in [4.78, 5) is 6.65. The van der Waals surface area contributed by atoms with E-state index in [9.17, 15) is 8.78 Å². The lowest BCUT2D eigenvalue weighted by Crippen LogP contribution is -2.43. The zero-order chi connectivity index (χ0) is 15.6. The molecule has 1 aliphatic heterocycles. The predicted molar refractivity (Wildman–Crippen MR) is 99.3 cm³/mol. The summed E-state index contributed by atoms with van der Waals surface area (Å²) in [6, 6.07) is 3.66. The highest BCUT2D eigenvalue weighted by Crippen LogP contribution is 2.47. The third-order valence-corrected chi connectivity index (χ3v) is 4.98. The summed E-state index contributed by atoms with van der Waals surface area (Å²) in [6.07, 6.45) is 5.85. The maximum Gasteiger partial charge on any atom is 0.193 e. The van der Waals surface area contributed by atoms with Crippen molar-refractivity contribution in [2.24, 2.45) is 10.4 Å². The normalized spacial score (nSPS) is 19.4. The van der Waals surface area contributed by atoms with Crippen molar-refractivity contribution in [3.8, 4) is 0 Å². The van der Waals surface area contributed by atoms with Crippen molar-refractivity contribution >= 4 is 29.9 Å². The Balaban J connectivity index is 0.00000192. The third-order valence-electron chi connectivity index (χ3n) is 4.98. The van der Waals surface area contributed by atoms with Gasteiger partial charge in [0.05, 0.1) is 0 Å². The number of likely N-dealkylation sites (tertiary alicyclic amines) is 1. The molecule has 1 aromatic rings. The van der Waals surface area contributed by atoms with Crippen molar-refractivity contribution in [3.05, 3.63) is 35.4 Å². The molecule has 1 N–H and O–H groups in total. The van der Waals surface area contributed by atoms with Crippen LogP contribution in [0.3, 0.4) is 0 Å². The molecule has 0 amide bonds. The van der Waals surface area contributed by atoms with Gasteiger partial charge >= 0.3 is 0 Å². The van der Waals surface area contributed by atoms with Gasteiger partial charge in [-0.05, 0) is 48.8 Å². The average Bonchev–Trinajstić information content (AvgIpc) is 2.88. The van der Waals surface area contributed by atoms with Crippen LogP contribution in [0.5, 0.6) is 0 Å². The minimum atomic E-state index is -0.522. The molecule has 128 valence electrons. The van der Waals surface area contributed by atoms with Crippen molar-refractivity contribution in [2.45, 2.75) is 32.1 Å². The van der Waals surface area contributed by atoms with Crippen LogP contribution in [-0.4, -0.2) is 37.5 Å². The van der Waals surface area contributed by atoms with Gasteiger partial charge in [-0.15, -0.1) is 24.0 Å². The first-order valence-corrected chi connectivity index (χ1v) is 8.01. The Bertz CT molecular complexity index is 553. The monoisotopic (exact) mass is 435 g/mol. The van der Waals surface area contributed by atoms with Gasteiger partial charge < -0.3 is 10.2 Å². The van der Waals surface area contributed by atoms with Crippen molar-refractivity contribution in [1.82, 2.24) is 10.2 Å². The van der Waals surface area contributed by atoms with Crippen molar-refractivity contribution < 1.29 is 8.78 Å². The Hall–Kier alpha value is -0.920. The summed E-state index contributed by atoms with van der Waals surface area (Å²) < 4.78 is 26.3. The molecule has 3 rings (SSSR count). The molecule has 23 heavy (non-hydrogen) atoms. The quantitative estimate of drug-likeness (QED) is 0.447. The van der Waals surface area contributed by atoms with Crippen LogP contribution in [0.1, 0.15) is 31.2 Å². The molecule has 1 saturated heterocycles. The van der Waals surface area contributed by atoms with E-state index in [0.29, 0.717) is 23.9 Å². The Morgan fingerprint density at radius 2 is 1.91 bits per heavy atom. The molecule has 0 atom stereocenters. The van der Waals surface area contributed by atoms with Gasteiger partial charge in [0, 0.05) is 32.7 Å². The molecule has 1 heterocycles. The molecule has 1 aliphatic carbocycles. The molecular weight excluding hydrogens is 411 g/mol. The topological polar surface area (TPSA) is 27.6 Å². The first-order chi connectivity index (χ1) is 10.6. The van der Waals surface area contributed by atoms with Crippen molar-refractivity contribution in [1.29, 1.82) is 0 Å². The summed E-state index contributed by atoms with van der Waals surface area (Å²) in [6.45, 7) is 2.76. The zero-order valence-corrected chi connectivity index (χ0v) is 15.8. The van der Waals surface area contributed by atoms with E-state index >= 15 is 0 Å². The maximum absolute atomic E-state index is 13.2. The van der Waals surface area contributed by atoms with Crippen LogP contribution in [0, 0.1) is 17.0 Å². The molecule has 1 saturated carbocycles. The third kappa shape index (κ3) is 4.33. The largest absolute Gasteiger partial charge is 0.356 e. The predicted octanol–water partition coefficient (Wildman–Crippen LogP) is 3.58. The number of benzene rings is 1. The highest BCUT2D eigenvalue weighted by Gasteiger charge is 2.43. The van der Waals surface area contributed by atoms with Crippen LogP contribution in [0.15, 0.2) is 23.2 Å². The van der Waals surface area contributed by atoms with Crippen LogP contribution >= 0.6 is 24.0 Å². The number of guanidine groups is 1. The molecule has 0 radical (unpaired) electrons. The van der Waals surface area contributed by atoms with Crippen molar-refractivity contribution in [3.63, 3.8) is 0 Å². The smallest absolute Gasteiger partial charge is 0.193 e. The van der Waals surface area contributed by atoms with E-state index in [4.69, 9.17) is 0 Å². The highest BCUT2D eigenvalue weighted by molar-refractivity contribution is 14.0. The molecular formula is C17H24F2IN3. The molecule has 1 aromatic carbocycles. The van der Waals surface area contributed by atoms with E-state index < -0.39 is 11.6 Å². The number of aliphatic imine (C=N–C) groups is 1. The molecule has 6 heteroatoms. The Labute approximate surface area is 153 Å². The van der Waals surface area contributed by atoms with Crippen LogP contribution in [0.2, 0.25) is 0 Å². The van der Waals surface area contributed by atoms with E-state index in [0.717, 1.165) is 25.1 Å². The Morgan fingerprint density at radius 1 is 1.22 bits per heavy atom. The zero-order valence-electron chi connectivity index (χ0n) is 13.4. The first-order valence-electron chi connectivity index (χ1n) is 8.01. The van der Waals surface area contributed by atoms with Gasteiger partial charge in [-0.2, -0.15) is 0 Å². The second kappa shape index (κ2) is 7.77. The lowest BCUT2D eigenvalue weighted by atomic mass is 9.68. The van der Waals surface area contributed by atoms with Crippen LogP contribution in [0.4, 0.5) is 8.78 Å². The number of hydrogen-bond acceptors (Lipinski definition) is 1. The first kappa shape index (κ1) is 18.4. The van der Waals surface area contributed by atoms with Gasteiger partial charge in [0.1, 0.15) is 11.6 Å². The molecule has 0 unspecified atom stereocenters. The fourth-order valence-corrected chi connectivity index (χ4v) is 3.61. The minimum Gasteiger partial charge on any atom is -0.356 e. The van der Waals surface area contributed by atoms with Gasteiger partial charge in [-0.25, -0.2) is 8.78 Å². The SMILES string of the molecule is CN=C(NCCc1cc(F)cc(F)c1)N1CCC2(CCC2)C1.I. The summed E-state index contributed by atoms with van der Waals surface area (Å²) in [5.74, 6) is -0.141. The van der Waals surface area contributed by atoms with Crippen LogP contribution < -0.4 is 5.32 Å². The van der Waals surface area contributed by atoms with Crippen LogP contribution in [-0.2, 0) is 6.42 Å². The lowest BCUT2D eigenvalue weighted by Gasteiger charge is -2.38. The van der Waals surface area contributed by atoms with E-state index in [1.807, 2.05) is 0 Å². The van der Waals surface area contributed by atoms with Crippen molar-refractivity contribution in [2.75, 3.05) is 26.7 Å². The standard InChI is InChI=1S/C17H23F2N3.HI/c1-20-16(22-8-6-17(12-22)4-2-5-17)21-7-3-13-9-14(18)11-15(19)10-13;/h9-11H,2-8,12H2,1H3,(H,20,21);1H. The summed E-state index contributed by atoms with van der Waals surface area (Å²) >= 11 is 0. The van der Waals surface area contributed by atoms with E-state index in [2.05, 4.69) is 15.2 Å². The highest BCUT2D eigenvalue weighted by atomic mass is 127. The summed E-state index contributed by atoms with van der Waals surface area (Å²) in [5, 5.41) is 3.32. The van der Waals surface area contributed by atoms with Gasteiger partial charge in [-0.1, -0.05) is 6.42 Å². The Morgan fingerprint density at radius 3 is 2.43 bits per heavy atom.